The molecule has 0 unspecified atom stereocenters. The smallest absolute Gasteiger partial charge is 0.239 e. The van der Waals surface area contributed by atoms with Crippen molar-refractivity contribution < 1.29 is 4.79 Å². The van der Waals surface area contributed by atoms with Gasteiger partial charge in [-0.3, -0.25) is 4.79 Å². The minimum Gasteiger partial charge on any atom is -0.373 e. The van der Waals surface area contributed by atoms with Crippen LogP contribution in [-0.4, -0.2) is 42.3 Å². The van der Waals surface area contributed by atoms with Crippen molar-refractivity contribution in [3.63, 3.8) is 0 Å². The van der Waals surface area contributed by atoms with E-state index in [2.05, 4.69) is 39.8 Å². The van der Waals surface area contributed by atoms with Gasteiger partial charge >= 0.3 is 0 Å². The van der Waals surface area contributed by atoms with Gasteiger partial charge in [0.1, 0.15) is 11.6 Å². The minimum atomic E-state index is -0.0379. The van der Waals surface area contributed by atoms with Gasteiger partial charge in [-0.1, -0.05) is 25.6 Å². The Hall–Kier alpha value is -1.50. The summed E-state index contributed by atoms with van der Waals surface area (Å²) >= 11 is 1.46. The van der Waals surface area contributed by atoms with Crippen LogP contribution in [0.3, 0.4) is 0 Å². The number of amides is 1. The molecule has 7 heteroatoms. The van der Waals surface area contributed by atoms with Gasteiger partial charge in [0.2, 0.25) is 5.91 Å². The molecule has 1 amide bonds. The summed E-state index contributed by atoms with van der Waals surface area (Å²) in [5, 5.41) is 9.47. The Morgan fingerprint density at radius 1 is 1.37 bits per heavy atom. The van der Waals surface area contributed by atoms with Crippen molar-refractivity contribution in [1.29, 1.82) is 0 Å². The zero-order valence-electron chi connectivity index (χ0n) is 11.8. The van der Waals surface area contributed by atoms with E-state index in [9.17, 15) is 4.79 Å². The van der Waals surface area contributed by atoms with Crippen molar-refractivity contribution in [3.05, 3.63) is 6.07 Å². The lowest BCUT2D eigenvalue weighted by atomic mass is 10.2. The van der Waals surface area contributed by atoms with Gasteiger partial charge in [0.15, 0.2) is 5.16 Å². The van der Waals surface area contributed by atoms with E-state index in [-0.39, 0.29) is 12.5 Å². The number of nitrogens with zero attached hydrogens (tertiary/aromatic N) is 2. The summed E-state index contributed by atoms with van der Waals surface area (Å²) in [6.07, 6.45) is 1.91. The molecule has 0 aliphatic rings. The Bertz CT molecular complexity index is 402. The van der Waals surface area contributed by atoms with Gasteiger partial charge < -0.3 is 16.0 Å². The number of hydrogen-bond acceptors (Lipinski definition) is 6. The Balaban J connectivity index is 2.54. The lowest BCUT2D eigenvalue weighted by Gasteiger charge is -2.10. The molecular weight excluding hydrogens is 262 g/mol. The monoisotopic (exact) mass is 283 g/mol. The lowest BCUT2D eigenvalue weighted by molar-refractivity contribution is -0.119. The van der Waals surface area contributed by atoms with Crippen molar-refractivity contribution in [2.75, 3.05) is 37.0 Å². The van der Waals surface area contributed by atoms with E-state index < -0.39 is 0 Å². The zero-order valence-corrected chi connectivity index (χ0v) is 12.6. The van der Waals surface area contributed by atoms with Crippen LogP contribution in [0, 0.1) is 5.92 Å². The number of thioether (sulfide) groups is 1. The molecule has 6 nitrogen and oxygen atoms in total. The first-order chi connectivity index (χ1) is 9.05. The number of carbonyl (C=O) groups excluding carboxylic acids is 1. The average Bonchev–Trinajstić information content (AvgIpc) is 2.42. The van der Waals surface area contributed by atoms with Gasteiger partial charge in [-0.05, 0) is 12.2 Å². The number of rotatable bonds is 7. The maximum Gasteiger partial charge on any atom is 0.239 e. The third-order valence-corrected chi connectivity index (χ3v) is 2.83. The van der Waals surface area contributed by atoms with E-state index >= 15 is 0 Å². The Morgan fingerprint density at radius 2 is 2.05 bits per heavy atom. The average molecular weight is 283 g/mol. The lowest BCUT2D eigenvalue weighted by Crippen LogP contribution is -2.32. The fourth-order valence-corrected chi connectivity index (χ4v) is 1.67. The highest BCUT2D eigenvalue weighted by Gasteiger charge is 2.05. The van der Waals surface area contributed by atoms with Crippen molar-refractivity contribution >= 4 is 29.3 Å². The topological polar surface area (TPSA) is 78.9 Å². The van der Waals surface area contributed by atoms with Crippen LogP contribution < -0.4 is 16.0 Å². The van der Waals surface area contributed by atoms with Crippen molar-refractivity contribution in [1.82, 2.24) is 15.3 Å². The molecule has 0 aliphatic carbocycles. The normalized spacial score (nSPS) is 10.4. The quantitative estimate of drug-likeness (QED) is 0.519. The van der Waals surface area contributed by atoms with Crippen LogP contribution in [0.1, 0.15) is 13.8 Å². The number of carbonyl (C=O) groups is 1. The predicted molar refractivity (Wildman–Crippen MR) is 79.7 cm³/mol. The molecular formula is C12H21N5OS. The SMILES string of the molecule is CNc1cc(NCC(=O)NCC(C)C)nc(SC)n1. The van der Waals surface area contributed by atoms with Gasteiger partial charge in [0, 0.05) is 19.7 Å². The van der Waals surface area contributed by atoms with Crippen LogP contribution in [0.2, 0.25) is 0 Å². The highest BCUT2D eigenvalue weighted by atomic mass is 32.2. The van der Waals surface area contributed by atoms with Crippen LogP contribution in [0.4, 0.5) is 11.6 Å². The summed E-state index contributed by atoms with van der Waals surface area (Å²) in [5.74, 6) is 1.78. The van der Waals surface area contributed by atoms with E-state index in [1.807, 2.05) is 6.26 Å². The second-order valence-electron chi connectivity index (χ2n) is 4.43. The van der Waals surface area contributed by atoms with Crippen molar-refractivity contribution in [3.8, 4) is 0 Å². The van der Waals surface area contributed by atoms with Gasteiger partial charge in [-0.25, -0.2) is 9.97 Å². The summed E-state index contributed by atoms with van der Waals surface area (Å²) in [6.45, 7) is 5.01. The molecule has 3 N–H and O–H groups in total. The highest BCUT2D eigenvalue weighted by Crippen LogP contribution is 2.16. The van der Waals surface area contributed by atoms with Crippen molar-refractivity contribution in [2.24, 2.45) is 5.92 Å². The summed E-state index contributed by atoms with van der Waals surface area (Å²) in [6, 6.07) is 1.77. The minimum absolute atomic E-state index is 0.0379. The van der Waals surface area contributed by atoms with Crippen LogP contribution in [0.15, 0.2) is 11.2 Å². The summed E-state index contributed by atoms with van der Waals surface area (Å²) in [4.78, 5) is 20.1. The number of nitrogens with one attached hydrogen (secondary N) is 3. The first-order valence-electron chi connectivity index (χ1n) is 6.16. The molecule has 1 aromatic heterocycles. The predicted octanol–water partition coefficient (Wildman–Crippen LogP) is 1.42. The largest absolute Gasteiger partial charge is 0.373 e. The Morgan fingerprint density at radius 3 is 2.63 bits per heavy atom. The third-order valence-electron chi connectivity index (χ3n) is 2.28. The van der Waals surface area contributed by atoms with Crippen LogP contribution in [0.25, 0.3) is 0 Å². The first-order valence-corrected chi connectivity index (χ1v) is 7.39. The molecule has 0 fully saturated rings. The Labute approximate surface area is 118 Å². The molecule has 0 bridgehead atoms. The van der Waals surface area contributed by atoms with Crippen molar-refractivity contribution in [2.45, 2.75) is 19.0 Å². The first kappa shape index (κ1) is 15.6. The molecule has 1 aromatic rings. The molecule has 106 valence electrons. The molecule has 0 aromatic carbocycles. The van der Waals surface area contributed by atoms with Crippen LogP contribution >= 0.6 is 11.8 Å². The summed E-state index contributed by atoms with van der Waals surface area (Å²) < 4.78 is 0. The molecule has 0 spiro atoms. The van der Waals surface area contributed by atoms with E-state index in [0.717, 1.165) is 5.82 Å². The zero-order chi connectivity index (χ0) is 14.3. The second kappa shape index (κ2) is 7.83. The number of anilines is 2. The van der Waals surface area contributed by atoms with E-state index in [4.69, 9.17) is 0 Å². The number of aromatic nitrogens is 2. The molecule has 1 heterocycles. The summed E-state index contributed by atoms with van der Waals surface area (Å²) in [7, 11) is 1.80. The highest BCUT2D eigenvalue weighted by molar-refractivity contribution is 7.98. The van der Waals surface area contributed by atoms with Gasteiger partial charge in [0.05, 0.1) is 6.54 Å². The summed E-state index contributed by atoms with van der Waals surface area (Å²) in [5.41, 5.74) is 0. The molecule has 1 rings (SSSR count). The van der Waals surface area contributed by atoms with Crippen LogP contribution in [0.5, 0.6) is 0 Å². The molecule has 19 heavy (non-hydrogen) atoms. The van der Waals surface area contributed by atoms with E-state index in [1.54, 1.807) is 13.1 Å². The standard InChI is InChI=1S/C12H21N5OS/c1-8(2)6-15-11(18)7-14-10-5-9(13-3)16-12(17-10)19-4/h5,8H,6-7H2,1-4H3,(H,15,18)(H2,13,14,16,17). The number of hydrogen-bond donors (Lipinski definition) is 3. The van der Waals surface area contributed by atoms with E-state index in [1.165, 1.54) is 11.8 Å². The van der Waals surface area contributed by atoms with Crippen LogP contribution in [-0.2, 0) is 4.79 Å². The fraction of sp³-hybridized carbons (Fsp3) is 0.583. The Kier molecular flexibility index (Phi) is 6.41. The van der Waals surface area contributed by atoms with E-state index in [0.29, 0.717) is 23.4 Å². The molecule has 0 saturated carbocycles. The molecule has 0 radical (unpaired) electrons. The molecule has 0 atom stereocenters. The second-order valence-corrected chi connectivity index (χ2v) is 5.20. The maximum absolute atomic E-state index is 11.6. The third kappa shape index (κ3) is 5.78. The maximum atomic E-state index is 11.6. The van der Waals surface area contributed by atoms with Gasteiger partial charge in [0.25, 0.3) is 0 Å². The molecule has 0 aliphatic heterocycles. The molecule has 0 saturated heterocycles. The van der Waals surface area contributed by atoms with Gasteiger partial charge in [-0.2, -0.15) is 0 Å². The fourth-order valence-electron chi connectivity index (χ4n) is 1.29. The van der Waals surface area contributed by atoms with Gasteiger partial charge in [-0.15, -0.1) is 0 Å².